The van der Waals surface area contributed by atoms with Crippen LogP contribution in [0.4, 0.5) is 0 Å². The fourth-order valence-electron chi connectivity index (χ4n) is 1.59. The zero-order valence-electron chi connectivity index (χ0n) is 11.0. The molecule has 0 fully saturated rings. The van der Waals surface area contributed by atoms with Crippen LogP contribution in [-0.2, 0) is 6.42 Å². The zero-order chi connectivity index (χ0) is 12.7. The van der Waals surface area contributed by atoms with E-state index in [1.54, 1.807) is 0 Å². The van der Waals surface area contributed by atoms with Crippen LogP contribution < -0.4 is 5.32 Å². The average Bonchev–Trinajstić information content (AvgIpc) is 2.34. The molecule has 0 aliphatic carbocycles. The second kappa shape index (κ2) is 7.07. The van der Waals surface area contributed by atoms with Crippen molar-refractivity contribution in [1.82, 2.24) is 10.2 Å². The number of hydrogen-bond donors (Lipinski definition) is 1. The van der Waals surface area contributed by atoms with Gasteiger partial charge in [0.25, 0.3) is 5.91 Å². The number of rotatable bonds is 6. The van der Waals surface area contributed by atoms with E-state index in [2.05, 4.69) is 17.1 Å². The number of nitrogens with one attached hydrogen (secondary N) is 1. The maximum atomic E-state index is 11.8. The molecule has 3 nitrogen and oxygen atoms in total. The minimum Gasteiger partial charge on any atom is -0.352 e. The number of nitrogens with zero attached hydrogens (tertiary/aromatic N) is 1. The Bertz CT molecular complexity index is 344. The van der Waals surface area contributed by atoms with Gasteiger partial charge in [0.15, 0.2) is 0 Å². The average molecular weight is 234 g/mol. The van der Waals surface area contributed by atoms with Gasteiger partial charge < -0.3 is 10.2 Å². The number of carbonyl (C=O) groups excluding carboxylic acids is 1. The Hall–Kier alpha value is -1.35. The maximum absolute atomic E-state index is 11.8. The van der Waals surface area contributed by atoms with Crippen molar-refractivity contribution in [2.45, 2.75) is 19.8 Å². The van der Waals surface area contributed by atoms with E-state index < -0.39 is 0 Å². The van der Waals surface area contributed by atoms with Crippen molar-refractivity contribution >= 4 is 5.91 Å². The van der Waals surface area contributed by atoms with Gasteiger partial charge in [0.05, 0.1) is 0 Å². The molecule has 0 aliphatic heterocycles. The monoisotopic (exact) mass is 234 g/mol. The van der Waals surface area contributed by atoms with Crippen LogP contribution in [0, 0.1) is 0 Å². The highest BCUT2D eigenvalue weighted by atomic mass is 16.1. The van der Waals surface area contributed by atoms with Gasteiger partial charge in [-0.2, -0.15) is 0 Å². The summed E-state index contributed by atoms with van der Waals surface area (Å²) in [5.41, 5.74) is 2.00. The highest BCUT2D eigenvalue weighted by Crippen LogP contribution is 2.04. The molecule has 0 aliphatic rings. The Morgan fingerprint density at radius 3 is 2.41 bits per heavy atom. The maximum Gasteiger partial charge on any atom is 0.251 e. The first-order valence-corrected chi connectivity index (χ1v) is 6.15. The minimum absolute atomic E-state index is 0.0198. The van der Waals surface area contributed by atoms with Crippen LogP contribution in [0.2, 0.25) is 0 Å². The molecular weight excluding hydrogens is 212 g/mol. The van der Waals surface area contributed by atoms with Crippen molar-refractivity contribution < 1.29 is 4.79 Å². The molecule has 94 valence electrons. The van der Waals surface area contributed by atoms with E-state index in [1.807, 2.05) is 38.4 Å². The molecule has 0 saturated heterocycles. The number of benzene rings is 1. The predicted molar refractivity (Wildman–Crippen MR) is 71.3 cm³/mol. The number of hydrogen-bond acceptors (Lipinski definition) is 2. The Morgan fingerprint density at radius 1 is 1.24 bits per heavy atom. The van der Waals surface area contributed by atoms with Crippen molar-refractivity contribution in [2.75, 3.05) is 27.2 Å². The van der Waals surface area contributed by atoms with Crippen LogP contribution in [0.3, 0.4) is 0 Å². The van der Waals surface area contributed by atoms with E-state index >= 15 is 0 Å². The Balaban J connectivity index is 2.36. The molecule has 3 heteroatoms. The molecule has 0 heterocycles. The lowest BCUT2D eigenvalue weighted by atomic mass is 10.1. The highest BCUT2D eigenvalue weighted by molar-refractivity contribution is 5.94. The van der Waals surface area contributed by atoms with Gasteiger partial charge >= 0.3 is 0 Å². The van der Waals surface area contributed by atoms with E-state index in [0.717, 1.165) is 31.5 Å². The van der Waals surface area contributed by atoms with Gasteiger partial charge in [-0.1, -0.05) is 19.1 Å². The van der Waals surface area contributed by atoms with Crippen LogP contribution in [-0.4, -0.2) is 38.0 Å². The fraction of sp³-hybridized carbons (Fsp3) is 0.500. The topological polar surface area (TPSA) is 32.3 Å². The number of carbonyl (C=O) groups is 1. The predicted octanol–water partition coefficient (Wildman–Crippen LogP) is 1.93. The van der Waals surface area contributed by atoms with Crippen LogP contribution in [0.1, 0.15) is 29.3 Å². The van der Waals surface area contributed by atoms with Gasteiger partial charge in [-0.25, -0.2) is 0 Å². The van der Waals surface area contributed by atoms with Crippen molar-refractivity contribution in [2.24, 2.45) is 0 Å². The van der Waals surface area contributed by atoms with E-state index in [1.165, 1.54) is 5.56 Å². The summed E-state index contributed by atoms with van der Waals surface area (Å²) in [6.07, 6.45) is 1.98. The Morgan fingerprint density at radius 2 is 1.88 bits per heavy atom. The normalized spacial score (nSPS) is 10.6. The summed E-state index contributed by atoms with van der Waals surface area (Å²) in [6, 6.07) is 7.80. The molecule has 1 aromatic rings. The van der Waals surface area contributed by atoms with Crippen LogP contribution >= 0.6 is 0 Å². The van der Waals surface area contributed by atoms with Crippen molar-refractivity contribution in [3.63, 3.8) is 0 Å². The lowest BCUT2D eigenvalue weighted by Gasteiger charge is -2.10. The van der Waals surface area contributed by atoms with E-state index in [9.17, 15) is 4.79 Å². The fourth-order valence-corrected chi connectivity index (χ4v) is 1.59. The lowest BCUT2D eigenvalue weighted by Crippen LogP contribution is -2.27. The first-order valence-electron chi connectivity index (χ1n) is 6.15. The smallest absolute Gasteiger partial charge is 0.251 e. The zero-order valence-corrected chi connectivity index (χ0v) is 11.0. The second-order valence-electron chi connectivity index (χ2n) is 4.46. The first-order chi connectivity index (χ1) is 8.13. The molecule has 0 atom stereocenters. The molecular formula is C14H22N2O. The molecule has 0 bridgehead atoms. The summed E-state index contributed by atoms with van der Waals surface area (Å²) in [7, 11) is 4.07. The Kier molecular flexibility index (Phi) is 5.70. The lowest BCUT2D eigenvalue weighted by molar-refractivity contribution is 0.0952. The van der Waals surface area contributed by atoms with Gasteiger partial charge in [-0.15, -0.1) is 0 Å². The molecule has 0 spiro atoms. The van der Waals surface area contributed by atoms with Crippen LogP contribution in [0.5, 0.6) is 0 Å². The summed E-state index contributed by atoms with van der Waals surface area (Å²) < 4.78 is 0. The largest absolute Gasteiger partial charge is 0.352 e. The molecule has 1 aromatic carbocycles. The quantitative estimate of drug-likeness (QED) is 0.763. The van der Waals surface area contributed by atoms with Gasteiger partial charge in [-0.05, 0) is 51.2 Å². The van der Waals surface area contributed by atoms with Crippen molar-refractivity contribution in [3.05, 3.63) is 35.4 Å². The third-order valence-corrected chi connectivity index (χ3v) is 2.69. The summed E-state index contributed by atoms with van der Waals surface area (Å²) in [5, 5.41) is 2.93. The minimum atomic E-state index is 0.0198. The molecule has 1 rings (SSSR count). The van der Waals surface area contributed by atoms with Gasteiger partial charge in [0, 0.05) is 12.1 Å². The first kappa shape index (κ1) is 13.7. The summed E-state index contributed by atoms with van der Waals surface area (Å²) in [6.45, 7) is 3.83. The summed E-state index contributed by atoms with van der Waals surface area (Å²) in [5.74, 6) is 0.0198. The SMILES string of the molecule is CCc1ccc(C(=O)NCCCN(C)C)cc1. The molecule has 0 aromatic heterocycles. The van der Waals surface area contributed by atoms with Gasteiger partial charge in [0.1, 0.15) is 0 Å². The van der Waals surface area contributed by atoms with Gasteiger partial charge in [-0.3, -0.25) is 4.79 Å². The third-order valence-electron chi connectivity index (χ3n) is 2.69. The van der Waals surface area contributed by atoms with Crippen LogP contribution in [0.15, 0.2) is 24.3 Å². The molecule has 0 saturated carbocycles. The molecule has 0 unspecified atom stereocenters. The van der Waals surface area contributed by atoms with Gasteiger partial charge in [0.2, 0.25) is 0 Å². The standard InChI is InChI=1S/C14H22N2O/c1-4-12-6-8-13(9-7-12)14(17)15-10-5-11-16(2)3/h6-9H,4-5,10-11H2,1-3H3,(H,15,17). The molecule has 17 heavy (non-hydrogen) atoms. The van der Waals surface area contributed by atoms with E-state index in [0.29, 0.717) is 0 Å². The molecule has 1 amide bonds. The third kappa shape index (κ3) is 5.00. The molecule has 1 N–H and O–H groups in total. The Labute approximate surface area is 104 Å². The van der Waals surface area contributed by atoms with Crippen LogP contribution in [0.25, 0.3) is 0 Å². The summed E-state index contributed by atoms with van der Waals surface area (Å²) in [4.78, 5) is 13.9. The van der Waals surface area contributed by atoms with E-state index in [-0.39, 0.29) is 5.91 Å². The summed E-state index contributed by atoms with van der Waals surface area (Å²) >= 11 is 0. The second-order valence-corrected chi connectivity index (χ2v) is 4.46. The van der Waals surface area contributed by atoms with E-state index in [4.69, 9.17) is 0 Å². The van der Waals surface area contributed by atoms with Crippen molar-refractivity contribution in [1.29, 1.82) is 0 Å². The number of aryl methyl sites for hydroxylation is 1. The van der Waals surface area contributed by atoms with Crippen molar-refractivity contribution in [3.8, 4) is 0 Å². The molecule has 0 radical (unpaired) electrons. The number of amides is 1. The highest BCUT2D eigenvalue weighted by Gasteiger charge is 2.03.